The molecular formula is C8H14BrNO3. The van der Waals surface area contributed by atoms with E-state index in [1.807, 2.05) is 0 Å². The van der Waals surface area contributed by atoms with Crippen LogP contribution in [0.5, 0.6) is 0 Å². The number of alkyl halides is 1. The zero-order chi connectivity index (χ0) is 9.68. The maximum Gasteiger partial charge on any atom is 0.409 e. The number of ether oxygens (including phenoxy) is 2. The average Bonchev–Trinajstić information content (AvgIpc) is 2.41. The zero-order valence-corrected chi connectivity index (χ0v) is 9.25. The van der Waals surface area contributed by atoms with E-state index in [-0.39, 0.29) is 12.2 Å². The van der Waals surface area contributed by atoms with E-state index in [1.165, 1.54) is 7.11 Å². The van der Waals surface area contributed by atoms with Crippen LogP contribution in [0.15, 0.2) is 0 Å². The molecule has 1 heterocycles. The Morgan fingerprint density at radius 2 is 2.54 bits per heavy atom. The molecule has 0 bridgehead atoms. The second kappa shape index (κ2) is 5.44. The molecule has 0 aromatic rings. The summed E-state index contributed by atoms with van der Waals surface area (Å²) >= 11 is 3.34. The molecule has 0 aliphatic carbocycles. The summed E-state index contributed by atoms with van der Waals surface area (Å²) in [5.74, 6) is 0. The minimum atomic E-state index is -0.267. The molecule has 4 nitrogen and oxygen atoms in total. The summed E-state index contributed by atoms with van der Waals surface area (Å²) in [6, 6.07) is 0. The first-order valence-electron chi connectivity index (χ1n) is 4.28. The third kappa shape index (κ3) is 3.15. The highest BCUT2D eigenvalue weighted by molar-refractivity contribution is 9.09. The molecule has 1 atom stereocenters. The first kappa shape index (κ1) is 10.8. The van der Waals surface area contributed by atoms with Gasteiger partial charge in [-0.3, -0.25) is 0 Å². The Morgan fingerprint density at radius 3 is 3.15 bits per heavy atom. The van der Waals surface area contributed by atoms with Gasteiger partial charge in [0.15, 0.2) is 0 Å². The molecule has 13 heavy (non-hydrogen) atoms. The predicted molar refractivity (Wildman–Crippen MR) is 52.1 cm³/mol. The van der Waals surface area contributed by atoms with Gasteiger partial charge in [0.25, 0.3) is 0 Å². The van der Waals surface area contributed by atoms with Crippen molar-refractivity contribution in [2.75, 3.05) is 32.1 Å². The van der Waals surface area contributed by atoms with Crippen LogP contribution < -0.4 is 0 Å². The van der Waals surface area contributed by atoms with Crippen LogP contribution in [-0.4, -0.2) is 49.2 Å². The van der Waals surface area contributed by atoms with Crippen molar-refractivity contribution in [1.82, 2.24) is 4.90 Å². The molecule has 1 unspecified atom stereocenters. The van der Waals surface area contributed by atoms with Gasteiger partial charge in [0.05, 0.1) is 19.8 Å². The minimum Gasteiger partial charge on any atom is -0.453 e. The van der Waals surface area contributed by atoms with Crippen LogP contribution in [0.1, 0.15) is 6.42 Å². The molecule has 1 rings (SSSR count). The summed E-state index contributed by atoms with van der Waals surface area (Å²) in [6.45, 7) is 2.04. The Morgan fingerprint density at radius 1 is 1.77 bits per heavy atom. The monoisotopic (exact) mass is 251 g/mol. The summed E-state index contributed by atoms with van der Waals surface area (Å²) < 4.78 is 10.1. The molecule has 1 saturated heterocycles. The van der Waals surface area contributed by atoms with E-state index < -0.39 is 0 Å². The number of halogens is 1. The van der Waals surface area contributed by atoms with Crippen LogP contribution in [-0.2, 0) is 9.47 Å². The number of carbonyl (C=O) groups excluding carboxylic acids is 1. The second-order valence-corrected chi connectivity index (χ2v) is 3.56. The van der Waals surface area contributed by atoms with Crippen molar-refractivity contribution in [1.29, 1.82) is 0 Å². The fraction of sp³-hybridized carbons (Fsp3) is 0.875. The van der Waals surface area contributed by atoms with Gasteiger partial charge in [-0.2, -0.15) is 0 Å². The topological polar surface area (TPSA) is 38.8 Å². The number of nitrogens with zero attached hydrogens (tertiary/aromatic N) is 1. The Bertz CT molecular complexity index is 177. The number of amides is 1. The fourth-order valence-electron chi connectivity index (χ4n) is 1.28. The quantitative estimate of drug-likeness (QED) is 0.659. The van der Waals surface area contributed by atoms with Gasteiger partial charge in [0.2, 0.25) is 0 Å². The summed E-state index contributed by atoms with van der Waals surface area (Å²) in [6.07, 6.45) is 0.691. The van der Waals surface area contributed by atoms with E-state index in [4.69, 9.17) is 4.74 Å². The first-order chi connectivity index (χ1) is 6.27. The Labute approximate surface area is 86.3 Å². The SMILES string of the molecule is COC(=O)N1CCCOC(CBr)C1. The van der Waals surface area contributed by atoms with Gasteiger partial charge in [0.1, 0.15) is 0 Å². The smallest absolute Gasteiger partial charge is 0.409 e. The van der Waals surface area contributed by atoms with E-state index in [0.29, 0.717) is 13.2 Å². The molecule has 1 aliphatic heterocycles. The van der Waals surface area contributed by atoms with Crippen LogP contribution >= 0.6 is 15.9 Å². The van der Waals surface area contributed by atoms with Crippen molar-refractivity contribution in [3.8, 4) is 0 Å². The van der Waals surface area contributed by atoms with E-state index in [1.54, 1.807) is 4.90 Å². The van der Waals surface area contributed by atoms with Crippen LogP contribution in [0.25, 0.3) is 0 Å². The summed E-state index contributed by atoms with van der Waals surface area (Å²) in [7, 11) is 1.40. The summed E-state index contributed by atoms with van der Waals surface area (Å²) in [5, 5.41) is 0.750. The number of carbonyl (C=O) groups is 1. The molecule has 1 fully saturated rings. The van der Waals surface area contributed by atoms with Gasteiger partial charge in [-0.15, -0.1) is 0 Å². The Kier molecular flexibility index (Phi) is 4.52. The molecule has 1 amide bonds. The van der Waals surface area contributed by atoms with Crippen molar-refractivity contribution in [3.63, 3.8) is 0 Å². The standard InChI is InChI=1S/C8H14BrNO3/c1-12-8(11)10-3-2-4-13-7(5-9)6-10/h7H,2-6H2,1H3. The van der Waals surface area contributed by atoms with Crippen molar-refractivity contribution >= 4 is 22.0 Å². The minimum absolute atomic E-state index is 0.0848. The fourth-order valence-corrected chi connectivity index (χ4v) is 1.68. The third-order valence-corrected chi connectivity index (χ3v) is 2.68. The maximum atomic E-state index is 11.2. The number of rotatable bonds is 1. The molecule has 76 valence electrons. The normalized spacial score (nSPS) is 23.8. The number of methoxy groups -OCH3 is 1. The van der Waals surface area contributed by atoms with Crippen LogP contribution in [0.2, 0.25) is 0 Å². The molecule has 0 aromatic carbocycles. The number of hydrogen-bond donors (Lipinski definition) is 0. The van der Waals surface area contributed by atoms with Gasteiger partial charge >= 0.3 is 6.09 Å². The van der Waals surface area contributed by atoms with Crippen molar-refractivity contribution in [2.45, 2.75) is 12.5 Å². The lowest BCUT2D eigenvalue weighted by molar-refractivity contribution is 0.0672. The first-order valence-corrected chi connectivity index (χ1v) is 5.40. The van der Waals surface area contributed by atoms with Gasteiger partial charge in [-0.1, -0.05) is 15.9 Å². The lowest BCUT2D eigenvalue weighted by atomic mass is 10.3. The maximum absolute atomic E-state index is 11.2. The molecule has 0 saturated carbocycles. The molecular weight excluding hydrogens is 238 g/mol. The Balaban J connectivity index is 2.48. The highest BCUT2D eigenvalue weighted by Gasteiger charge is 2.21. The largest absolute Gasteiger partial charge is 0.453 e. The molecule has 0 aromatic heterocycles. The van der Waals surface area contributed by atoms with Crippen LogP contribution in [0.4, 0.5) is 4.79 Å². The lowest BCUT2D eigenvalue weighted by Gasteiger charge is -2.21. The van der Waals surface area contributed by atoms with Crippen molar-refractivity contribution in [2.24, 2.45) is 0 Å². The van der Waals surface area contributed by atoms with E-state index >= 15 is 0 Å². The van der Waals surface area contributed by atoms with E-state index in [0.717, 1.165) is 18.3 Å². The lowest BCUT2D eigenvalue weighted by Crippen LogP contribution is -2.37. The molecule has 5 heteroatoms. The second-order valence-electron chi connectivity index (χ2n) is 2.92. The summed E-state index contributed by atoms with van der Waals surface area (Å²) in [5.41, 5.74) is 0. The molecule has 1 aliphatic rings. The van der Waals surface area contributed by atoms with E-state index in [2.05, 4.69) is 20.7 Å². The van der Waals surface area contributed by atoms with Crippen molar-refractivity contribution < 1.29 is 14.3 Å². The Hall–Kier alpha value is -0.290. The summed E-state index contributed by atoms with van der Waals surface area (Å²) in [4.78, 5) is 12.9. The van der Waals surface area contributed by atoms with Crippen LogP contribution in [0.3, 0.4) is 0 Å². The van der Waals surface area contributed by atoms with Crippen LogP contribution in [0, 0.1) is 0 Å². The van der Waals surface area contributed by atoms with Gasteiger partial charge in [0, 0.05) is 18.5 Å². The third-order valence-electron chi connectivity index (χ3n) is 1.95. The molecule has 0 radical (unpaired) electrons. The van der Waals surface area contributed by atoms with Crippen molar-refractivity contribution in [3.05, 3.63) is 0 Å². The molecule has 0 spiro atoms. The zero-order valence-electron chi connectivity index (χ0n) is 7.66. The van der Waals surface area contributed by atoms with E-state index in [9.17, 15) is 4.79 Å². The van der Waals surface area contributed by atoms with Gasteiger partial charge in [-0.25, -0.2) is 4.79 Å². The van der Waals surface area contributed by atoms with Gasteiger partial charge < -0.3 is 14.4 Å². The highest BCUT2D eigenvalue weighted by Crippen LogP contribution is 2.08. The molecule has 0 N–H and O–H groups in total. The highest BCUT2D eigenvalue weighted by atomic mass is 79.9. The number of hydrogen-bond acceptors (Lipinski definition) is 3. The van der Waals surface area contributed by atoms with Gasteiger partial charge in [-0.05, 0) is 6.42 Å². The average molecular weight is 252 g/mol. The predicted octanol–water partition coefficient (Wildman–Crippen LogP) is 1.24.